The van der Waals surface area contributed by atoms with Gasteiger partial charge in [-0.15, -0.1) is 0 Å². The van der Waals surface area contributed by atoms with Crippen LogP contribution < -0.4 is 5.32 Å². The van der Waals surface area contributed by atoms with Crippen molar-refractivity contribution >= 4 is 35.6 Å². The van der Waals surface area contributed by atoms with Crippen LogP contribution in [0.5, 0.6) is 0 Å². The number of hydrogen-bond acceptors (Lipinski definition) is 5. The highest BCUT2D eigenvalue weighted by atomic mass is 35.5. The molecule has 10 heteroatoms. The molecule has 2 amide bonds. The van der Waals surface area contributed by atoms with Gasteiger partial charge in [-0.1, -0.05) is 17.7 Å². The number of carbonyl (C=O) groups excluding carboxylic acids is 3. The lowest BCUT2D eigenvalue weighted by Gasteiger charge is -2.09. The molecule has 1 aromatic carbocycles. The van der Waals surface area contributed by atoms with Gasteiger partial charge < -0.3 is 9.47 Å². The summed E-state index contributed by atoms with van der Waals surface area (Å²) in [5.74, 6) is -1.89. The first kappa shape index (κ1) is 20.5. The Bertz CT molecular complexity index is 688. The highest BCUT2D eigenvalue weighted by molar-refractivity contribution is 6.31. The molecule has 1 rings (SSSR count). The highest BCUT2D eigenvalue weighted by Gasteiger charge is 2.33. The second kappa shape index (κ2) is 9.07. The van der Waals surface area contributed by atoms with Gasteiger partial charge in [0.2, 0.25) is 0 Å². The molecule has 0 aliphatic carbocycles. The van der Waals surface area contributed by atoms with E-state index in [4.69, 9.17) is 11.6 Å². The first-order valence-electron chi connectivity index (χ1n) is 6.81. The summed E-state index contributed by atoms with van der Waals surface area (Å²) >= 11 is 5.47. The van der Waals surface area contributed by atoms with Gasteiger partial charge in [0.15, 0.2) is 6.61 Å². The molecule has 0 saturated carbocycles. The summed E-state index contributed by atoms with van der Waals surface area (Å²) in [6.45, 7) is 0.842. The van der Waals surface area contributed by atoms with Crippen LogP contribution >= 0.6 is 11.6 Å². The third-order valence-corrected chi connectivity index (χ3v) is 2.90. The van der Waals surface area contributed by atoms with Gasteiger partial charge in [0, 0.05) is 6.08 Å². The maximum atomic E-state index is 12.7. The van der Waals surface area contributed by atoms with Crippen LogP contribution in [-0.4, -0.2) is 31.2 Å². The van der Waals surface area contributed by atoms with E-state index in [9.17, 15) is 27.6 Å². The lowest BCUT2D eigenvalue weighted by atomic mass is 10.1. The van der Waals surface area contributed by atoms with Crippen LogP contribution in [0, 0.1) is 0 Å². The highest BCUT2D eigenvalue weighted by Crippen LogP contribution is 2.35. The molecule has 136 valence electrons. The molecule has 6 nitrogen and oxygen atoms in total. The standard InChI is InChI=1S/C15H13ClF3NO5/c1-2-24-14(23)20-12(21)8-25-13(22)6-4-9-3-5-11(16)10(7-9)15(17,18)19/h3-7H,2,8H2,1H3,(H,20,21,23)/b6-4+. The van der Waals surface area contributed by atoms with Crippen molar-refractivity contribution in [2.24, 2.45) is 0 Å². The van der Waals surface area contributed by atoms with Crippen molar-refractivity contribution in [3.05, 3.63) is 40.4 Å². The monoisotopic (exact) mass is 379 g/mol. The molecule has 0 saturated heterocycles. The van der Waals surface area contributed by atoms with E-state index in [0.29, 0.717) is 0 Å². The Morgan fingerprint density at radius 3 is 2.52 bits per heavy atom. The summed E-state index contributed by atoms with van der Waals surface area (Å²) in [7, 11) is 0. The van der Waals surface area contributed by atoms with Crippen molar-refractivity contribution in [1.82, 2.24) is 5.32 Å². The molecule has 1 aromatic rings. The maximum absolute atomic E-state index is 12.7. The Morgan fingerprint density at radius 2 is 1.92 bits per heavy atom. The zero-order chi connectivity index (χ0) is 19.0. The lowest BCUT2D eigenvalue weighted by molar-refractivity contribution is -0.143. The Morgan fingerprint density at radius 1 is 1.24 bits per heavy atom. The van der Waals surface area contributed by atoms with Crippen molar-refractivity contribution in [3.63, 3.8) is 0 Å². The van der Waals surface area contributed by atoms with Gasteiger partial charge in [0.25, 0.3) is 5.91 Å². The van der Waals surface area contributed by atoms with Gasteiger partial charge in [-0.25, -0.2) is 9.59 Å². The Hall–Kier alpha value is -2.55. The minimum atomic E-state index is -4.63. The van der Waals surface area contributed by atoms with Crippen molar-refractivity contribution in [2.75, 3.05) is 13.2 Å². The molecule has 1 N–H and O–H groups in total. The number of hydrogen-bond donors (Lipinski definition) is 1. The van der Waals surface area contributed by atoms with E-state index >= 15 is 0 Å². The van der Waals surface area contributed by atoms with E-state index in [1.165, 1.54) is 13.0 Å². The molecule has 0 unspecified atom stereocenters. The number of nitrogens with one attached hydrogen (secondary N) is 1. The van der Waals surface area contributed by atoms with Crippen molar-refractivity contribution in [3.8, 4) is 0 Å². The molecule has 0 fully saturated rings. The third-order valence-electron chi connectivity index (χ3n) is 2.57. The van der Waals surface area contributed by atoms with Gasteiger partial charge in [0.1, 0.15) is 0 Å². The lowest BCUT2D eigenvalue weighted by Crippen LogP contribution is -2.34. The summed E-state index contributed by atoms with van der Waals surface area (Å²) in [5, 5.41) is 1.33. The van der Waals surface area contributed by atoms with Crippen molar-refractivity contribution < 1.29 is 37.0 Å². The number of halogens is 4. The number of esters is 1. The molecule has 25 heavy (non-hydrogen) atoms. The number of benzene rings is 1. The quantitative estimate of drug-likeness (QED) is 0.627. The van der Waals surface area contributed by atoms with Crippen LogP contribution in [-0.2, 0) is 25.2 Å². The largest absolute Gasteiger partial charge is 0.452 e. The third kappa shape index (κ3) is 7.25. The first-order valence-corrected chi connectivity index (χ1v) is 7.19. The van der Waals surface area contributed by atoms with Crippen LogP contribution in [0.4, 0.5) is 18.0 Å². The summed E-state index contributed by atoms with van der Waals surface area (Å²) in [5.41, 5.74) is -0.983. The van der Waals surface area contributed by atoms with E-state index in [-0.39, 0.29) is 12.2 Å². The topological polar surface area (TPSA) is 81.7 Å². The molecule has 0 spiro atoms. The average molecular weight is 380 g/mol. The molecule has 0 aliphatic rings. The fourth-order valence-corrected chi connectivity index (χ4v) is 1.75. The van der Waals surface area contributed by atoms with Gasteiger partial charge in [-0.05, 0) is 30.7 Å². The second-order valence-electron chi connectivity index (χ2n) is 4.45. The smallest absolute Gasteiger partial charge is 0.417 e. The van der Waals surface area contributed by atoms with E-state index in [1.54, 1.807) is 5.32 Å². The Kier molecular flexibility index (Phi) is 7.43. The van der Waals surface area contributed by atoms with Crippen LogP contribution in [0.2, 0.25) is 5.02 Å². The number of rotatable bonds is 5. The number of alkyl halides is 3. The van der Waals surface area contributed by atoms with Crippen LogP contribution in [0.1, 0.15) is 18.1 Å². The number of imide groups is 1. The second-order valence-corrected chi connectivity index (χ2v) is 4.85. The molecular weight excluding hydrogens is 367 g/mol. The van der Waals surface area contributed by atoms with Gasteiger partial charge in [0.05, 0.1) is 17.2 Å². The molecule has 0 atom stereocenters. The summed E-state index contributed by atoms with van der Waals surface area (Å²) in [4.78, 5) is 33.6. The minimum Gasteiger partial charge on any atom is -0.452 e. The van der Waals surface area contributed by atoms with Crippen molar-refractivity contribution in [2.45, 2.75) is 13.1 Å². The van der Waals surface area contributed by atoms with Gasteiger partial charge in [-0.3, -0.25) is 10.1 Å². The minimum absolute atomic E-state index is 0.0582. The van der Waals surface area contributed by atoms with Crippen molar-refractivity contribution in [1.29, 1.82) is 0 Å². The van der Waals surface area contributed by atoms with E-state index in [2.05, 4.69) is 9.47 Å². The fourth-order valence-electron chi connectivity index (χ4n) is 1.53. The normalized spacial score (nSPS) is 11.2. The number of alkyl carbamates (subject to hydrolysis) is 1. The SMILES string of the molecule is CCOC(=O)NC(=O)COC(=O)/C=C/c1ccc(Cl)c(C(F)(F)F)c1. The van der Waals surface area contributed by atoms with E-state index in [1.807, 2.05) is 0 Å². The predicted octanol–water partition coefficient (Wildman–Crippen LogP) is 3.19. The zero-order valence-corrected chi connectivity index (χ0v) is 13.6. The number of carbonyl (C=O) groups is 3. The van der Waals surface area contributed by atoms with E-state index < -0.39 is 41.3 Å². The summed E-state index contributed by atoms with van der Waals surface area (Å²) < 4.78 is 47.1. The van der Waals surface area contributed by atoms with Gasteiger partial charge in [-0.2, -0.15) is 13.2 Å². The maximum Gasteiger partial charge on any atom is 0.417 e. The van der Waals surface area contributed by atoms with Crippen LogP contribution in [0.25, 0.3) is 6.08 Å². The van der Waals surface area contributed by atoms with Gasteiger partial charge >= 0.3 is 18.2 Å². The first-order chi connectivity index (χ1) is 11.6. The Balaban J connectivity index is 2.60. The molecule has 0 radical (unpaired) electrons. The molecular formula is C15H13ClF3NO5. The fraction of sp³-hybridized carbons (Fsp3) is 0.267. The molecule has 0 bridgehead atoms. The Labute approximate surface area is 145 Å². The molecule has 0 heterocycles. The summed E-state index contributed by atoms with van der Waals surface area (Å²) in [6.07, 6.45) is -3.72. The predicted molar refractivity (Wildman–Crippen MR) is 81.6 cm³/mol. The molecule has 0 aliphatic heterocycles. The van der Waals surface area contributed by atoms with Crippen LogP contribution in [0.15, 0.2) is 24.3 Å². The zero-order valence-electron chi connectivity index (χ0n) is 12.9. The average Bonchev–Trinajstić information content (AvgIpc) is 2.51. The van der Waals surface area contributed by atoms with Crippen LogP contribution in [0.3, 0.4) is 0 Å². The number of amides is 2. The summed E-state index contributed by atoms with van der Waals surface area (Å²) in [6, 6.07) is 3.08. The molecule has 0 aromatic heterocycles. The number of ether oxygens (including phenoxy) is 2. The van der Waals surface area contributed by atoms with E-state index in [0.717, 1.165) is 24.3 Å².